The van der Waals surface area contributed by atoms with Gasteiger partial charge in [-0.2, -0.15) is 0 Å². The van der Waals surface area contributed by atoms with Crippen molar-refractivity contribution in [1.82, 2.24) is 0 Å². The Balaban J connectivity index is 2.18. The first-order valence-electron chi connectivity index (χ1n) is 7.08. The van der Waals surface area contributed by atoms with Crippen molar-refractivity contribution in [3.05, 3.63) is 35.6 Å². The fourth-order valence-corrected chi connectivity index (χ4v) is 2.61. The van der Waals surface area contributed by atoms with E-state index in [0.717, 1.165) is 18.4 Å². The first kappa shape index (κ1) is 14.2. The molecule has 0 aliphatic heterocycles. The number of carbonyl (C=O) groups is 1. The second-order valence-corrected chi connectivity index (χ2v) is 5.24. The average Bonchev–Trinajstić information content (AvgIpc) is 2.42. The van der Waals surface area contributed by atoms with E-state index in [4.69, 9.17) is 4.74 Å². The lowest BCUT2D eigenvalue weighted by atomic mass is 9.79. The Labute approximate surface area is 114 Å². The van der Waals surface area contributed by atoms with Crippen molar-refractivity contribution in [3.63, 3.8) is 0 Å². The molecule has 0 radical (unpaired) electrons. The van der Waals surface area contributed by atoms with Crippen molar-refractivity contribution >= 4 is 5.78 Å². The lowest BCUT2D eigenvalue weighted by molar-refractivity contribution is -0.131. The summed E-state index contributed by atoms with van der Waals surface area (Å²) in [6.45, 7) is 2.82. The van der Waals surface area contributed by atoms with E-state index < -0.39 is 5.60 Å². The van der Waals surface area contributed by atoms with E-state index in [0.29, 0.717) is 38.1 Å². The van der Waals surface area contributed by atoms with Crippen LogP contribution in [0.3, 0.4) is 0 Å². The summed E-state index contributed by atoms with van der Waals surface area (Å²) in [6, 6.07) is 6.52. The Morgan fingerprint density at radius 1 is 1.21 bits per heavy atom. The van der Waals surface area contributed by atoms with Crippen LogP contribution in [-0.4, -0.2) is 12.4 Å². The zero-order valence-corrected chi connectivity index (χ0v) is 11.5. The Morgan fingerprint density at radius 3 is 2.42 bits per heavy atom. The first-order valence-corrected chi connectivity index (χ1v) is 7.08. The van der Waals surface area contributed by atoms with Crippen LogP contribution in [0.4, 0.5) is 4.39 Å². The molecule has 0 N–H and O–H groups in total. The minimum Gasteiger partial charge on any atom is -0.370 e. The van der Waals surface area contributed by atoms with Crippen molar-refractivity contribution in [2.75, 3.05) is 6.61 Å². The topological polar surface area (TPSA) is 26.3 Å². The van der Waals surface area contributed by atoms with Gasteiger partial charge in [-0.05, 0) is 37.0 Å². The van der Waals surface area contributed by atoms with Gasteiger partial charge >= 0.3 is 0 Å². The smallest absolute Gasteiger partial charge is 0.133 e. The summed E-state index contributed by atoms with van der Waals surface area (Å²) >= 11 is 0. The highest BCUT2D eigenvalue weighted by atomic mass is 19.1. The number of hydrogen-bond donors (Lipinski definition) is 0. The van der Waals surface area contributed by atoms with Gasteiger partial charge in [0, 0.05) is 19.4 Å². The van der Waals surface area contributed by atoms with Crippen molar-refractivity contribution < 1.29 is 13.9 Å². The van der Waals surface area contributed by atoms with Crippen molar-refractivity contribution in [2.24, 2.45) is 0 Å². The zero-order chi connectivity index (χ0) is 13.7. The molecule has 0 amide bonds. The van der Waals surface area contributed by atoms with Crippen LogP contribution >= 0.6 is 0 Å². The molecule has 2 rings (SSSR count). The number of halogens is 1. The standard InChI is InChI=1S/C16H21FO2/c1-2-3-12-19-16(10-8-15(18)9-11-16)13-4-6-14(17)7-5-13/h4-7H,2-3,8-12H2,1H3. The molecule has 2 nitrogen and oxygen atoms in total. The molecule has 3 heteroatoms. The van der Waals surface area contributed by atoms with Gasteiger partial charge in [0.2, 0.25) is 0 Å². The second kappa shape index (κ2) is 6.29. The number of hydrogen-bond acceptors (Lipinski definition) is 2. The van der Waals surface area contributed by atoms with E-state index in [-0.39, 0.29) is 5.82 Å². The number of benzene rings is 1. The van der Waals surface area contributed by atoms with Gasteiger partial charge in [0.1, 0.15) is 11.6 Å². The van der Waals surface area contributed by atoms with Crippen LogP contribution in [0, 0.1) is 5.82 Å². The summed E-state index contributed by atoms with van der Waals surface area (Å²) in [5, 5.41) is 0. The van der Waals surface area contributed by atoms with Crippen molar-refractivity contribution in [1.29, 1.82) is 0 Å². The number of ether oxygens (including phenoxy) is 1. The fraction of sp³-hybridized carbons (Fsp3) is 0.562. The normalized spacial score (nSPS) is 18.5. The van der Waals surface area contributed by atoms with Gasteiger partial charge in [0.15, 0.2) is 0 Å². The van der Waals surface area contributed by atoms with E-state index in [2.05, 4.69) is 6.92 Å². The minimum absolute atomic E-state index is 0.237. The molecule has 0 atom stereocenters. The molecule has 19 heavy (non-hydrogen) atoms. The Bertz CT molecular complexity index is 415. The van der Waals surface area contributed by atoms with Gasteiger partial charge in [-0.3, -0.25) is 4.79 Å². The highest BCUT2D eigenvalue weighted by Crippen LogP contribution is 2.39. The van der Waals surface area contributed by atoms with Crippen LogP contribution < -0.4 is 0 Å². The van der Waals surface area contributed by atoms with E-state index in [1.54, 1.807) is 12.1 Å². The molecule has 0 heterocycles. The molecule has 0 saturated heterocycles. The number of Topliss-reactive ketones (excluding diaryl/α,β-unsaturated/α-hetero) is 1. The number of rotatable bonds is 5. The molecule has 1 fully saturated rings. The van der Waals surface area contributed by atoms with Crippen LogP contribution in [0.2, 0.25) is 0 Å². The molecular formula is C16H21FO2. The minimum atomic E-state index is -0.392. The van der Waals surface area contributed by atoms with Gasteiger partial charge in [-0.1, -0.05) is 25.5 Å². The third-order valence-corrected chi connectivity index (χ3v) is 3.86. The summed E-state index contributed by atoms with van der Waals surface area (Å²) in [4.78, 5) is 11.5. The molecule has 0 unspecified atom stereocenters. The summed E-state index contributed by atoms with van der Waals surface area (Å²) in [7, 11) is 0. The molecule has 0 spiro atoms. The van der Waals surface area contributed by atoms with Crippen molar-refractivity contribution in [3.8, 4) is 0 Å². The molecule has 1 aromatic carbocycles. The fourth-order valence-electron chi connectivity index (χ4n) is 2.61. The molecule has 0 bridgehead atoms. The predicted molar refractivity (Wildman–Crippen MR) is 72.4 cm³/mol. The van der Waals surface area contributed by atoms with Crippen LogP contribution in [0.5, 0.6) is 0 Å². The van der Waals surface area contributed by atoms with E-state index in [1.165, 1.54) is 12.1 Å². The van der Waals surface area contributed by atoms with Gasteiger partial charge in [0.05, 0.1) is 5.60 Å². The van der Waals surface area contributed by atoms with Crippen LogP contribution in [0.15, 0.2) is 24.3 Å². The van der Waals surface area contributed by atoms with Crippen LogP contribution in [-0.2, 0) is 15.1 Å². The molecule has 104 valence electrons. The molecule has 1 aliphatic rings. The van der Waals surface area contributed by atoms with Crippen LogP contribution in [0.25, 0.3) is 0 Å². The van der Waals surface area contributed by atoms with E-state index in [1.807, 2.05) is 0 Å². The highest BCUT2D eigenvalue weighted by molar-refractivity contribution is 5.79. The Hall–Kier alpha value is -1.22. The summed E-state index contributed by atoms with van der Waals surface area (Å²) in [5.41, 5.74) is 0.606. The maximum Gasteiger partial charge on any atom is 0.133 e. The Morgan fingerprint density at radius 2 is 1.84 bits per heavy atom. The maximum absolute atomic E-state index is 13.1. The second-order valence-electron chi connectivity index (χ2n) is 5.24. The predicted octanol–water partition coefficient (Wildman–Crippen LogP) is 3.98. The third-order valence-electron chi connectivity index (χ3n) is 3.86. The molecule has 1 aromatic rings. The average molecular weight is 264 g/mol. The zero-order valence-electron chi connectivity index (χ0n) is 11.5. The highest BCUT2D eigenvalue weighted by Gasteiger charge is 2.37. The largest absolute Gasteiger partial charge is 0.370 e. The SMILES string of the molecule is CCCCOC1(c2ccc(F)cc2)CCC(=O)CC1. The quantitative estimate of drug-likeness (QED) is 0.752. The first-order chi connectivity index (χ1) is 9.16. The van der Waals surface area contributed by atoms with Gasteiger partial charge in [0.25, 0.3) is 0 Å². The Kier molecular flexibility index (Phi) is 4.70. The number of unbranched alkanes of at least 4 members (excludes halogenated alkanes) is 1. The summed E-state index contributed by atoms with van der Waals surface area (Å²) < 4.78 is 19.2. The molecule has 1 aliphatic carbocycles. The lowest BCUT2D eigenvalue weighted by Crippen LogP contribution is -2.35. The number of carbonyl (C=O) groups excluding carboxylic acids is 1. The molecule has 1 saturated carbocycles. The van der Waals surface area contributed by atoms with Crippen LogP contribution in [0.1, 0.15) is 51.0 Å². The monoisotopic (exact) mass is 264 g/mol. The summed E-state index contributed by atoms with van der Waals surface area (Å²) in [5.74, 6) is 0.0659. The van der Waals surface area contributed by atoms with Gasteiger partial charge in [-0.15, -0.1) is 0 Å². The lowest BCUT2D eigenvalue weighted by Gasteiger charge is -2.37. The van der Waals surface area contributed by atoms with E-state index >= 15 is 0 Å². The molecular weight excluding hydrogens is 243 g/mol. The van der Waals surface area contributed by atoms with Gasteiger partial charge < -0.3 is 4.74 Å². The molecule has 0 aromatic heterocycles. The number of ketones is 1. The maximum atomic E-state index is 13.1. The summed E-state index contributed by atoms with van der Waals surface area (Å²) in [6.07, 6.45) is 4.63. The third kappa shape index (κ3) is 3.41. The van der Waals surface area contributed by atoms with Crippen molar-refractivity contribution in [2.45, 2.75) is 51.0 Å². The van der Waals surface area contributed by atoms with E-state index in [9.17, 15) is 9.18 Å². The van der Waals surface area contributed by atoms with Gasteiger partial charge in [-0.25, -0.2) is 4.39 Å².